The summed E-state index contributed by atoms with van der Waals surface area (Å²) in [6.07, 6.45) is 4.40. The third-order valence-corrected chi connectivity index (χ3v) is 3.87. The van der Waals surface area contributed by atoms with Crippen molar-refractivity contribution in [2.45, 2.75) is 38.8 Å². The minimum absolute atomic E-state index is 0.379. The Balaban J connectivity index is 1.69. The second kappa shape index (κ2) is 5.21. The average molecular weight is 259 g/mol. The maximum Gasteiger partial charge on any atom is 0.0651 e. The largest absolute Gasteiger partial charge is 0.382 e. The molecule has 4 nitrogen and oxygen atoms in total. The fourth-order valence-corrected chi connectivity index (χ4v) is 2.69. The minimum atomic E-state index is 0.379. The molecule has 1 aliphatic heterocycles. The third-order valence-electron chi connectivity index (χ3n) is 3.87. The summed E-state index contributed by atoms with van der Waals surface area (Å²) in [6.45, 7) is 5.31. The molecule has 19 heavy (non-hydrogen) atoms. The summed E-state index contributed by atoms with van der Waals surface area (Å²) in [7, 11) is 0. The van der Waals surface area contributed by atoms with Crippen molar-refractivity contribution in [3.8, 4) is 0 Å². The van der Waals surface area contributed by atoms with Crippen LogP contribution in [0.15, 0.2) is 24.4 Å². The third kappa shape index (κ3) is 2.73. The monoisotopic (exact) mass is 259 g/mol. The van der Waals surface area contributed by atoms with Crippen LogP contribution in [0.4, 0.5) is 5.69 Å². The van der Waals surface area contributed by atoms with E-state index in [0.717, 1.165) is 30.4 Å². The molecule has 2 atom stereocenters. The van der Waals surface area contributed by atoms with E-state index in [-0.39, 0.29) is 0 Å². The molecular weight excluding hydrogens is 238 g/mol. The summed E-state index contributed by atoms with van der Waals surface area (Å²) in [5.74, 6) is 0.584. The molecule has 102 valence electrons. The number of H-pyrrole nitrogens is 1. The van der Waals surface area contributed by atoms with E-state index in [1.165, 1.54) is 5.69 Å². The Morgan fingerprint density at radius 1 is 1.42 bits per heavy atom. The first kappa shape index (κ1) is 12.5. The fourth-order valence-electron chi connectivity index (χ4n) is 2.69. The number of hydrogen-bond acceptors (Lipinski definition) is 3. The normalized spacial score (nSPS) is 23.9. The summed E-state index contributed by atoms with van der Waals surface area (Å²) < 4.78 is 5.81. The number of aromatic nitrogens is 2. The van der Waals surface area contributed by atoms with Crippen LogP contribution >= 0.6 is 0 Å². The number of nitrogens with one attached hydrogen (secondary N) is 2. The zero-order valence-corrected chi connectivity index (χ0v) is 11.5. The highest BCUT2D eigenvalue weighted by atomic mass is 16.5. The second-order valence-electron chi connectivity index (χ2n) is 5.69. The molecular formula is C15H21N3O. The van der Waals surface area contributed by atoms with Gasteiger partial charge in [0.25, 0.3) is 0 Å². The quantitative estimate of drug-likeness (QED) is 0.890. The summed E-state index contributed by atoms with van der Waals surface area (Å²) in [5, 5.41) is 11.8. The first-order chi connectivity index (χ1) is 9.22. The Kier molecular flexibility index (Phi) is 3.42. The van der Waals surface area contributed by atoms with Gasteiger partial charge in [0.15, 0.2) is 0 Å². The molecule has 1 aromatic heterocycles. The molecule has 0 amide bonds. The van der Waals surface area contributed by atoms with Crippen LogP contribution in [0.1, 0.15) is 26.7 Å². The van der Waals surface area contributed by atoms with Crippen molar-refractivity contribution in [1.29, 1.82) is 0 Å². The Bertz CT molecular complexity index is 549. The number of benzene rings is 1. The fraction of sp³-hybridized carbons (Fsp3) is 0.533. The highest BCUT2D eigenvalue weighted by Gasteiger charge is 2.24. The van der Waals surface area contributed by atoms with Gasteiger partial charge in [-0.2, -0.15) is 5.10 Å². The summed E-state index contributed by atoms with van der Waals surface area (Å²) in [4.78, 5) is 0. The Morgan fingerprint density at radius 3 is 3.16 bits per heavy atom. The van der Waals surface area contributed by atoms with E-state index in [0.29, 0.717) is 18.1 Å². The van der Waals surface area contributed by atoms with E-state index < -0.39 is 0 Å². The highest BCUT2D eigenvalue weighted by Crippen LogP contribution is 2.24. The van der Waals surface area contributed by atoms with Crippen molar-refractivity contribution in [1.82, 2.24) is 10.2 Å². The number of nitrogens with zero attached hydrogens (tertiary/aromatic N) is 1. The van der Waals surface area contributed by atoms with E-state index >= 15 is 0 Å². The smallest absolute Gasteiger partial charge is 0.0651 e. The zero-order valence-electron chi connectivity index (χ0n) is 11.5. The van der Waals surface area contributed by atoms with E-state index in [2.05, 4.69) is 47.6 Å². The van der Waals surface area contributed by atoms with Crippen LogP contribution in [-0.4, -0.2) is 29.0 Å². The first-order valence-corrected chi connectivity index (χ1v) is 7.03. The van der Waals surface area contributed by atoms with E-state index in [1.54, 1.807) is 0 Å². The maximum atomic E-state index is 5.81. The van der Waals surface area contributed by atoms with E-state index in [9.17, 15) is 0 Å². The minimum Gasteiger partial charge on any atom is -0.382 e. The molecule has 0 saturated carbocycles. The van der Waals surface area contributed by atoms with Gasteiger partial charge in [-0.25, -0.2) is 0 Å². The van der Waals surface area contributed by atoms with Gasteiger partial charge in [-0.3, -0.25) is 5.10 Å². The molecule has 0 bridgehead atoms. The lowest BCUT2D eigenvalue weighted by Crippen LogP contribution is -2.36. The molecule has 2 N–H and O–H groups in total. The molecule has 2 unspecified atom stereocenters. The molecule has 2 aromatic rings. The molecule has 3 rings (SSSR count). The zero-order chi connectivity index (χ0) is 13.2. The van der Waals surface area contributed by atoms with Crippen molar-refractivity contribution < 1.29 is 4.74 Å². The van der Waals surface area contributed by atoms with Gasteiger partial charge in [-0.1, -0.05) is 13.8 Å². The van der Waals surface area contributed by atoms with Gasteiger partial charge in [-0.15, -0.1) is 0 Å². The van der Waals surface area contributed by atoms with E-state index in [1.807, 2.05) is 6.20 Å². The van der Waals surface area contributed by atoms with Crippen LogP contribution in [-0.2, 0) is 4.74 Å². The molecule has 1 aromatic carbocycles. The van der Waals surface area contributed by atoms with Gasteiger partial charge >= 0.3 is 0 Å². The van der Waals surface area contributed by atoms with Crippen molar-refractivity contribution >= 4 is 16.6 Å². The number of anilines is 1. The van der Waals surface area contributed by atoms with Gasteiger partial charge in [-0.05, 0) is 37.0 Å². The van der Waals surface area contributed by atoms with E-state index in [4.69, 9.17) is 4.74 Å². The molecule has 0 radical (unpaired) electrons. The Hall–Kier alpha value is -1.55. The second-order valence-corrected chi connectivity index (χ2v) is 5.69. The molecule has 0 spiro atoms. The molecule has 1 fully saturated rings. The number of aromatic amines is 1. The van der Waals surface area contributed by atoms with Crippen LogP contribution in [0, 0.1) is 5.92 Å². The SMILES string of the molecule is CC(C)C1CC(Nc2ccc3[nH]ncc3c2)CCO1. The lowest BCUT2D eigenvalue weighted by molar-refractivity contribution is -0.0160. The van der Waals surface area contributed by atoms with Crippen molar-refractivity contribution in [2.24, 2.45) is 5.92 Å². The van der Waals surface area contributed by atoms with Crippen LogP contribution in [0.5, 0.6) is 0 Å². The first-order valence-electron chi connectivity index (χ1n) is 7.03. The standard InChI is InChI=1S/C15H21N3O/c1-10(2)15-8-13(5-6-19-15)17-12-3-4-14-11(7-12)9-16-18-14/h3-4,7,9-10,13,15,17H,5-6,8H2,1-2H3,(H,16,18). The van der Waals surface area contributed by atoms with Gasteiger partial charge < -0.3 is 10.1 Å². The Labute approximate surface area is 113 Å². The van der Waals surface area contributed by atoms with Crippen molar-refractivity contribution in [3.63, 3.8) is 0 Å². The summed E-state index contributed by atoms with van der Waals surface area (Å²) >= 11 is 0. The van der Waals surface area contributed by atoms with Crippen LogP contribution in [0.3, 0.4) is 0 Å². The molecule has 1 aliphatic rings. The predicted molar refractivity (Wildman–Crippen MR) is 77.3 cm³/mol. The van der Waals surface area contributed by atoms with Crippen LogP contribution in [0.25, 0.3) is 10.9 Å². The van der Waals surface area contributed by atoms with Crippen LogP contribution in [0.2, 0.25) is 0 Å². The van der Waals surface area contributed by atoms with Gasteiger partial charge in [0, 0.05) is 23.7 Å². The number of rotatable bonds is 3. The molecule has 2 heterocycles. The number of ether oxygens (including phenoxy) is 1. The van der Waals surface area contributed by atoms with Crippen molar-refractivity contribution in [2.75, 3.05) is 11.9 Å². The maximum absolute atomic E-state index is 5.81. The molecule has 4 heteroatoms. The number of hydrogen-bond donors (Lipinski definition) is 2. The summed E-state index contributed by atoms with van der Waals surface area (Å²) in [5.41, 5.74) is 2.25. The van der Waals surface area contributed by atoms with Crippen molar-refractivity contribution in [3.05, 3.63) is 24.4 Å². The summed E-state index contributed by atoms with van der Waals surface area (Å²) in [6, 6.07) is 6.84. The molecule has 0 aliphatic carbocycles. The Morgan fingerprint density at radius 2 is 2.32 bits per heavy atom. The molecule has 1 saturated heterocycles. The number of fused-ring (bicyclic) bond motifs is 1. The average Bonchev–Trinajstić information content (AvgIpc) is 2.86. The van der Waals surface area contributed by atoms with Gasteiger partial charge in [0.2, 0.25) is 0 Å². The predicted octanol–water partition coefficient (Wildman–Crippen LogP) is 3.18. The lowest BCUT2D eigenvalue weighted by Gasteiger charge is -2.33. The van der Waals surface area contributed by atoms with Gasteiger partial charge in [0.05, 0.1) is 17.8 Å². The highest BCUT2D eigenvalue weighted by molar-refractivity contribution is 5.81. The topological polar surface area (TPSA) is 49.9 Å². The lowest BCUT2D eigenvalue weighted by atomic mass is 9.95. The van der Waals surface area contributed by atoms with Crippen LogP contribution < -0.4 is 5.32 Å². The van der Waals surface area contributed by atoms with Gasteiger partial charge in [0.1, 0.15) is 0 Å².